The van der Waals surface area contributed by atoms with E-state index in [2.05, 4.69) is 13.8 Å². The van der Waals surface area contributed by atoms with E-state index < -0.39 is 0 Å². The molecule has 0 aliphatic heterocycles. The van der Waals surface area contributed by atoms with E-state index in [1.165, 1.54) is 25.7 Å². The van der Waals surface area contributed by atoms with Crippen LogP contribution in [0.1, 0.15) is 38.5 Å². The molecule has 0 aromatic rings. The molecule has 0 fully saturated rings. The molecule has 0 heterocycles. The quantitative estimate of drug-likeness (QED) is 0.412. The molecule has 10 heavy (non-hydrogen) atoms. The van der Waals surface area contributed by atoms with Crippen LogP contribution in [0, 0.1) is 13.8 Å². The van der Waals surface area contributed by atoms with Crippen LogP contribution in [0.25, 0.3) is 0 Å². The van der Waals surface area contributed by atoms with Gasteiger partial charge >= 0.3 is 0 Å². The summed E-state index contributed by atoms with van der Waals surface area (Å²) in [5, 5.41) is 0.111. The lowest BCUT2D eigenvalue weighted by Gasteiger charge is -2.00. The molecule has 1 unspecified atom stereocenters. The van der Waals surface area contributed by atoms with Crippen molar-refractivity contribution in [1.29, 1.82) is 0 Å². The summed E-state index contributed by atoms with van der Waals surface area (Å²) >= 11 is 5.67. The SMILES string of the molecule is [CH2]CCCCCCC([CH2])Cl. The first-order valence-electron chi connectivity index (χ1n) is 4.03. The van der Waals surface area contributed by atoms with Crippen molar-refractivity contribution in [1.82, 2.24) is 0 Å². The molecule has 0 saturated heterocycles. The summed E-state index contributed by atoms with van der Waals surface area (Å²) in [4.78, 5) is 0. The first kappa shape index (κ1) is 10.3. The molecular formula is C9H17Cl. The molecule has 60 valence electrons. The number of hydrogen-bond acceptors (Lipinski definition) is 0. The van der Waals surface area contributed by atoms with E-state index in [9.17, 15) is 0 Å². The Morgan fingerprint density at radius 2 is 1.70 bits per heavy atom. The first-order valence-corrected chi connectivity index (χ1v) is 4.47. The number of alkyl halides is 1. The predicted molar refractivity (Wildman–Crippen MR) is 48.1 cm³/mol. The molecule has 0 saturated carbocycles. The van der Waals surface area contributed by atoms with Gasteiger partial charge < -0.3 is 0 Å². The van der Waals surface area contributed by atoms with Crippen LogP contribution in [-0.2, 0) is 0 Å². The lowest BCUT2D eigenvalue weighted by molar-refractivity contribution is 0.623. The Morgan fingerprint density at radius 3 is 2.20 bits per heavy atom. The minimum Gasteiger partial charge on any atom is -0.123 e. The minimum absolute atomic E-state index is 0.111. The molecule has 0 spiro atoms. The molecule has 1 atom stereocenters. The van der Waals surface area contributed by atoms with Crippen molar-refractivity contribution in [3.05, 3.63) is 13.8 Å². The zero-order chi connectivity index (χ0) is 7.82. The van der Waals surface area contributed by atoms with Gasteiger partial charge in [-0.05, 0) is 13.3 Å². The van der Waals surface area contributed by atoms with Crippen molar-refractivity contribution in [3.63, 3.8) is 0 Å². The topological polar surface area (TPSA) is 0 Å². The van der Waals surface area contributed by atoms with Gasteiger partial charge in [-0.1, -0.05) is 39.0 Å². The molecule has 0 aliphatic carbocycles. The van der Waals surface area contributed by atoms with Crippen molar-refractivity contribution in [2.75, 3.05) is 0 Å². The highest BCUT2D eigenvalue weighted by molar-refractivity contribution is 6.21. The average molecular weight is 161 g/mol. The molecule has 0 aromatic heterocycles. The number of hydrogen-bond donors (Lipinski definition) is 0. The van der Waals surface area contributed by atoms with Crippen LogP contribution in [0.15, 0.2) is 0 Å². The molecule has 0 rings (SSSR count). The van der Waals surface area contributed by atoms with Gasteiger partial charge in [0.05, 0.1) is 0 Å². The molecule has 0 N–H and O–H groups in total. The monoisotopic (exact) mass is 160 g/mol. The third kappa shape index (κ3) is 8.29. The van der Waals surface area contributed by atoms with Gasteiger partial charge in [0.1, 0.15) is 0 Å². The maximum absolute atomic E-state index is 5.67. The lowest BCUT2D eigenvalue weighted by Crippen LogP contribution is -1.90. The Labute approximate surface area is 70.0 Å². The summed E-state index contributed by atoms with van der Waals surface area (Å²) < 4.78 is 0. The van der Waals surface area contributed by atoms with Gasteiger partial charge in [0.25, 0.3) is 0 Å². The molecule has 0 aliphatic rings. The molecule has 1 heteroatoms. The Morgan fingerprint density at radius 1 is 1.10 bits per heavy atom. The van der Waals surface area contributed by atoms with Crippen molar-refractivity contribution in [2.24, 2.45) is 0 Å². The molecule has 0 aromatic carbocycles. The fourth-order valence-electron chi connectivity index (χ4n) is 0.896. The Kier molecular flexibility index (Phi) is 7.61. The number of rotatable bonds is 6. The van der Waals surface area contributed by atoms with E-state index in [1.807, 2.05) is 0 Å². The third-order valence-electron chi connectivity index (χ3n) is 1.52. The van der Waals surface area contributed by atoms with Crippen LogP contribution in [-0.4, -0.2) is 5.38 Å². The first-order chi connectivity index (χ1) is 4.77. The van der Waals surface area contributed by atoms with Gasteiger partial charge in [-0.3, -0.25) is 0 Å². The van der Waals surface area contributed by atoms with Crippen molar-refractivity contribution >= 4 is 11.6 Å². The summed E-state index contributed by atoms with van der Waals surface area (Å²) in [6.45, 7) is 7.49. The Bertz CT molecular complexity index is 59.7. The number of halogens is 1. The van der Waals surface area contributed by atoms with Crippen LogP contribution in [0.3, 0.4) is 0 Å². The second-order valence-corrected chi connectivity index (χ2v) is 3.27. The summed E-state index contributed by atoms with van der Waals surface area (Å²) in [6, 6.07) is 0. The van der Waals surface area contributed by atoms with Crippen molar-refractivity contribution < 1.29 is 0 Å². The van der Waals surface area contributed by atoms with Gasteiger partial charge in [0, 0.05) is 5.38 Å². The van der Waals surface area contributed by atoms with Crippen LogP contribution in [0.2, 0.25) is 0 Å². The van der Waals surface area contributed by atoms with E-state index in [4.69, 9.17) is 11.6 Å². The normalized spacial score (nSPS) is 13.5. The van der Waals surface area contributed by atoms with Crippen LogP contribution < -0.4 is 0 Å². The fraction of sp³-hybridized carbons (Fsp3) is 0.778. The van der Waals surface area contributed by atoms with Gasteiger partial charge in [0.2, 0.25) is 0 Å². The van der Waals surface area contributed by atoms with Gasteiger partial charge in [-0.25, -0.2) is 0 Å². The number of unbranched alkanes of at least 4 members (excludes halogenated alkanes) is 4. The second-order valence-electron chi connectivity index (χ2n) is 2.65. The van der Waals surface area contributed by atoms with Crippen molar-refractivity contribution in [2.45, 2.75) is 43.9 Å². The van der Waals surface area contributed by atoms with E-state index >= 15 is 0 Å². The summed E-state index contributed by atoms with van der Waals surface area (Å²) in [5.74, 6) is 0. The van der Waals surface area contributed by atoms with Crippen LogP contribution >= 0.6 is 11.6 Å². The largest absolute Gasteiger partial charge is 0.123 e. The highest BCUT2D eigenvalue weighted by Gasteiger charge is 1.94. The maximum Gasteiger partial charge on any atom is 0.0336 e. The van der Waals surface area contributed by atoms with Gasteiger partial charge in [0.15, 0.2) is 0 Å². The van der Waals surface area contributed by atoms with E-state index in [-0.39, 0.29) is 5.38 Å². The zero-order valence-electron chi connectivity index (χ0n) is 6.61. The smallest absolute Gasteiger partial charge is 0.0336 e. The highest BCUT2D eigenvalue weighted by Crippen LogP contribution is 2.09. The summed E-state index contributed by atoms with van der Waals surface area (Å²) in [7, 11) is 0. The Balaban J connectivity index is 2.77. The lowest BCUT2D eigenvalue weighted by atomic mass is 10.1. The molecule has 0 amide bonds. The molecule has 2 radical (unpaired) electrons. The molecule has 0 bridgehead atoms. The summed E-state index contributed by atoms with van der Waals surface area (Å²) in [5.41, 5.74) is 0. The van der Waals surface area contributed by atoms with Crippen LogP contribution in [0.4, 0.5) is 0 Å². The standard InChI is InChI=1S/C9H17Cl/c1-3-4-5-6-7-8-9(2)10/h9H,1-8H2. The Hall–Kier alpha value is 0.290. The second kappa shape index (κ2) is 7.40. The van der Waals surface area contributed by atoms with E-state index in [0.717, 1.165) is 12.8 Å². The maximum atomic E-state index is 5.67. The third-order valence-corrected chi connectivity index (χ3v) is 1.74. The average Bonchev–Trinajstić information content (AvgIpc) is 1.87. The van der Waals surface area contributed by atoms with E-state index in [0.29, 0.717) is 0 Å². The molecule has 0 nitrogen and oxygen atoms in total. The van der Waals surface area contributed by atoms with E-state index in [1.54, 1.807) is 0 Å². The predicted octanol–water partition coefficient (Wildman–Crippen LogP) is 3.60. The molecular weight excluding hydrogens is 144 g/mol. The van der Waals surface area contributed by atoms with Gasteiger partial charge in [-0.2, -0.15) is 0 Å². The zero-order valence-corrected chi connectivity index (χ0v) is 7.37. The highest BCUT2D eigenvalue weighted by atomic mass is 35.5. The van der Waals surface area contributed by atoms with Crippen molar-refractivity contribution in [3.8, 4) is 0 Å². The summed E-state index contributed by atoms with van der Waals surface area (Å²) in [6.07, 6.45) is 7.18. The fourth-order valence-corrected chi connectivity index (χ4v) is 1.05. The van der Waals surface area contributed by atoms with Crippen LogP contribution in [0.5, 0.6) is 0 Å². The minimum atomic E-state index is 0.111. The van der Waals surface area contributed by atoms with Gasteiger partial charge in [-0.15, -0.1) is 11.6 Å².